The maximum atomic E-state index is 14.0. The molecule has 1 unspecified atom stereocenters. The summed E-state index contributed by atoms with van der Waals surface area (Å²) in [5, 5.41) is 9.23. The molecule has 0 saturated heterocycles. The third-order valence-corrected chi connectivity index (χ3v) is 7.31. The number of benzene rings is 2. The fraction of sp³-hybridized carbons (Fsp3) is 0.406. The number of nitriles is 1. The smallest absolute Gasteiger partial charge is 0.416 e. The zero-order valence-electron chi connectivity index (χ0n) is 24.2. The third kappa shape index (κ3) is 8.31. The van der Waals surface area contributed by atoms with Crippen molar-refractivity contribution >= 4 is 29.9 Å². The van der Waals surface area contributed by atoms with Crippen LogP contribution in [0.2, 0.25) is 0 Å². The summed E-state index contributed by atoms with van der Waals surface area (Å²) in [5.41, 5.74) is -0.116. The van der Waals surface area contributed by atoms with Crippen LogP contribution in [0, 0.1) is 11.3 Å². The monoisotopic (exact) mass is 597 g/mol. The van der Waals surface area contributed by atoms with E-state index >= 15 is 0 Å². The van der Waals surface area contributed by atoms with Crippen LogP contribution in [0.15, 0.2) is 59.8 Å². The van der Waals surface area contributed by atoms with Crippen molar-refractivity contribution in [3.63, 3.8) is 0 Å². The van der Waals surface area contributed by atoms with Crippen LogP contribution in [0.4, 0.5) is 23.7 Å². The number of urea groups is 1. The summed E-state index contributed by atoms with van der Waals surface area (Å²) in [7, 11) is 0. The lowest BCUT2D eigenvalue weighted by atomic mass is 9.89. The Balaban J connectivity index is 1.91. The molecule has 1 aliphatic rings. The van der Waals surface area contributed by atoms with Gasteiger partial charge in [-0.05, 0) is 62.6 Å². The molecular weight excluding hydrogens is 563 g/mol. The molecule has 3 rings (SSSR count). The molecule has 0 radical (unpaired) electrons. The second-order valence-corrected chi connectivity index (χ2v) is 10.3. The number of unbranched alkanes of at least 4 members (excludes halogenated alkanes) is 6. The number of hydrogen-bond donors (Lipinski definition) is 0. The molecule has 228 valence electrons. The maximum absolute atomic E-state index is 14.0. The topological polar surface area (TPSA) is 108 Å². The molecule has 2 aromatic rings. The molecule has 0 saturated carbocycles. The minimum absolute atomic E-state index is 0.00758. The van der Waals surface area contributed by atoms with E-state index in [1.165, 1.54) is 38.1 Å². The van der Waals surface area contributed by atoms with Gasteiger partial charge in [0.25, 0.3) is 6.47 Å². The second-order valence-electron chi connectivity index (χ2n) is 10.3. The van der Waals surface area contributed by atoms with E-state index < -0.39 is 35.5 Å². The van der Waals surface area contributed by atoms with Crippen LogP contribution in [-0.4, -0.2) is 35.7 Å². The van der Waals surface area contributed by atoms with Crippen molar-refractivity contribution in [3.05, 3.63) is 76.5 Å². The van der Waals surface area contributed by atoms with Crippen molar-refractivity contribution in [1.29, 1.82) is 5.26 Å². The van der Waals surface area contributed by atoms with Crippen LogP contribution in [0.1, 0.15) is 87.9 Å². The van der Waals surface area contributed by atoms with E-state index in [1.54, 1.807) is 12.1 Å². The molecule has 1 atom stereocenters. The summed E-state index contributed by atoms with van der Waals surface area (Å²) >= 11 is 0. The molecule has 43 heavy (non-hydrogen) atoms. The first-order valence-corrected chi connectivity index (χ1v) is 14.1. The number of Topliss-reactive ketones (excluding diaryl/α,β-unsaturated/α-hetero) is 1. The van der Waals surface area contributed by atoms with Crippen molar-refractivity contribution < 1.29 is 37.1 Å². The largest absolute Gasteiger partial charge is 0.468 e. The normalized spacial score (nSPS) is 15.3. The Hall–Kier alpha value is -4.46. The number of alkyl halides is 3. The summed E-state index contributed by atoms with van der Waals surface area (Å²) in [5.74, 6) is -1.01. The van der Waals surface area contributed by atoms with Gasteiger partial charge in [0.05, 0.1) is 35.5 Å². The van der Waals surface area contributed by atoms with E-state index in [0.29, 0.717) is 37.0 Å². The van der Waals surface area contributed by atoms with Gasteiger partial charge < -0.3 is 4.74 Å². The molecule has 0 aromatic heterocycles. The number of ether oxygens (including phenoxy) is 1. The summed E-state index contributed by atoms with van der Waals surface area (Å²) in [4.78, 5) is 52.9. The Morgan fingerprint density at radius 1 is 1.00 bits per heavy atom. The van der Waals surface area contributed by atoms with Crippen molar-refractivity contribution in [3.8, 4) is 6.07 Å². The quantitative estimate of drug-likeness (QED) is 0.168. The SMILES string of the molecule is CC(=O)C1=C(C)N(c2cccc(C(F)(F)F)c2)C(=O)N(C(=O)CCCCCCCCCOC=O)C1c1ccc(C#N)cc1. The van der Waals surface area contributed by atoms with Crippen LogP contribution in [0.5, 0.6) is 0 Å². The van der Waals surface area contributed by atoms with Gasteiger partial charge >= 0.3 is 12.2 Å². The van der Waals surface area contributed by atoms with Crippen molar-refractivity contribution in [2.75, 3.05) is 11.5 Å². The Morgan fingerprint density at radius 2 is 1.63 bits per heavy atom. The van der Waals surface area contributed by atoms with Gasteiger partial charge in [0.15, 0.2) is 5.78 Å². The zero-order chi connectivity index (χ0) is 31.6. The van der Waals surface area contributed by atoms with Gasteiger partial charge in [0.1, 0.15) is 0 Å². The molecule has 11 heteroatoms. The first kappa shape index (κ1) is 33.0. The summed E-state index contributed by atoms with van der Waals surface area (Å²) in [6, 6.07) is 10.4. The fourth-order valence-corrected chi connectivity index (χ4v) is 5.20. The van der Waals surface area contributed by atoms with Crippen molar-refractivity contribution in [1.82, 2.24) is 4.90 Å². The van der Waals surface area contributed by atoms with Gasteiger partial charge in [-0.2, -0.15) is 18.4 Å². The van der Waals surface area contributed by atoms with E-state index in [-0.39, 0.29) is 23.4 Å². The lowest BCUT2D eigenvalue weighted by Crippen LogP contribution is -2.53. The number of halogens is 3. The maximum Gasteiger partial charge on any atom is 0.416 e. The second kappa shape index (κ2) is 15.1. The molecule has 0 spiro atoms. The zero-order valence-corrected chi connectivity index (χ0v) is 24.2. The van der Waals surface area contributed by atoms with Gasteiger partial charge in [-0.3, -0.25) is 24.2 Å². The molecule has 8 nitrogen and oxygen atoms in total. The van der Waals surface area contributed by atoms with Crippen LogP contribution in [-0.2, 0) is 25.3 Å². The predicted molar refractivity (Wildman–Crippen MR) is 152 cm³/mol. The Bertz CT molecular complexity index is 1400. The highest BCUT2D eigenvalue weighted by Crippen LogP contribution is 2.41. The van der Waals surface area contributed by atoms with Gasteiger partial charge in [0.2, 0.25) is 5.91 Å². The summed E-state index contributed by atoms with van der Waals surface area (Å²) in [6.45, 7) is 3.56. The molecule has 1 aliphatic heterocycles. The Labute approximate surface area is 248 Å². The molecule has 0 fully saturated rings. The average Bonchev–Trinajstić information content (AvgIpc) is 2.97. The number of carbonyl (C=O) groups excluding carboxylic acids is 4. The number of amides is 3. The number of rotatable bonds is 14. The van der Waals surface area contributed by atoms with E-state index in [1.807, 2.05) is 6.07 Å². The Kier molecular flexibility index (Phi) is 11.6. The molecular formula is C32H34F3N3O5. The molecule has 1 heterocycles. The number of imide groups is 1. The highest BCUT2D eigenvalue weighted by atomic mass is 19.4. The van der Waals surface area contributed by atoms with Crippen LogP contribution >= 0.6 is 0 Å². The number of carbonyl (C=O) groups is 4. The average molecular weight is 598 g/mol. The highest BCUT2D eigenvalue weighted by Gasteiger charge is 2.44. The first-order valence-electron chi connectivity index (χ1n) is 14.1. The van der Waals surface area contributed by atoms with Gasteiger partial charge in [-0.25, -0.2) is 4.79 Å². The number of ketones is 1. The van der Waals surface area contributed by atoms with Gasteiger partial charge in [0, 0.05) is 17.7 Å². The molecule has 0 bridgehead atoms. The van der Waals surface area contributed by atoms with Crippen LogP contribution in [0.3, 0.4) is 0 Å². The van der Waals surface area contributed by atoms with Crippen LogP contribution in [0.25, 0.3) is 0 Å². The summed E-state index contributed by atoms with van der Waals surface area (Å²) < 4.78 is 45.3. The van der Waals surface area contributed by atoms with Gasteiger partial charge in [-0.15, -0.1) is 0 Å². The van der Waals surface area contributed by atoms with Crippen molar-refractivity contribution in [2.24, 2.45) is 0 Å². The van der Waals surface area contributed by atoms with E-state index in [4.69, 9.17) is 0 Å². The minimum Gasteiger partial charge on any atom is -0.468 e. The molecule has 3 amide bonds. The van der Waals surface area contributed by atoms with E-state index in [0.717, 1.165) is 54.0 Å². The first-order chi connectivity index (χ1) is 20.5. The summed E-state index contributed by atoms with van der Waals surface area (Å²) in [6.07, 6.45) is 0.912. The van der Waals surface area contributed by atoms with Crippen molar-refractivity contribution in [2.45, 2.75) is 77.4 Å². The number of hydrogen-bond acceptors (Lipinski definition) is 6. The fourth-order valence-electron chi connectivity index (χ4n) is 5.20. The minimum atomic E-state index is -4.67. The number of anilines is 1. The number of nitrogens with zero attached hydrogens (tertiary/aromatic N) is 3. The van der Waals surface area contributed by atoms with Gasteiger partial charge in [-0.1, -0.05) is 50.3 Å². The molecule has 0 N–H and O–H groups in total. The van der Waals surface area contributed by atoms with Crippen LogP contribution < -0.4 is 4.90 Å². The lowest BCUT2D eigenvalue weighted by molar-refractivity contribution is -0.137. The number of allylic oxidation sites excluding steroid dienone is 1. The predicted octanol–water partition coefficient (Wildman–Crippen LogP) is 7.24. The molecule has 0 aliphatic carbocycles. The van der Waals surface area contributed by atoms with E-state index in [9.17, 15) is 37.6 Å². The third-order valence-electron chi connectivity index (χ3n) is 7.31. The standard InChI is InChI=1S/C32H34F3N3O5/c1-22-29(23(2)40)30(25-16-14-24(20-36)15-17-25)38(28(41)13-8-6-4-3-5-7-9-18-43-21-39)31(42)37(22)27-12-10-11-26(19-27)32(33,34)35/h10-12,14-17,19,21,30H,3-9,13,18H2,1-2H3. The lowest BCUT2D eigenvalue weighted by Gasteiger charge is -2.42. The Morgan fingerprint density at radius 3 is 2.21 bits per heavy atom. The molecule has 2 aromatic carbocycles. The highest BCUT2D eigenvalue weighted by molar-refractivity contribution is 6.10. The van der Waals surface area contributed by atoms with E-state index in [2.05, 4.69) is 4.74 Å².